The van der Waals surface area contributed by atoms with E-state index in [0.717, 1.165) is 21.2 Å². The predicted octanol–water partition coefficient (Wildman–Crippen LogP) is 1.84. The molecule has 0 radical (unpaired) electrons. The maximum absolute atomic E-state index is 5.45. The molecule has 1 aromatic rings. The number of rotatable bonds is 3. The second-order valence-electron chi connectivity index (χ2n) is 3.13. The quantitative estimate of drug-likeness (QED) is 0.441. The third kappa shape index (κ3) is 2.15. The lowest BCUT2D eigenvalue weighted by Gasteiger charge is -2.14. The third-order valence-electron chi connectivity index (χ3n) is 1.86. The fourth-order valence-corrected chi connectivity index (χ4v) is 2.34. The summed E-state index contributed by atoms with van der Waals surface area (Å²) in [5, 5.41) is 1.06. The zero-order valence-corrected chi connectivity index (χ0v) is 9.03. The first kappa shape index (κ1) is 10.4. The Morgan fingerprint density at radius 2 is 2.23 bits per heavy atom. The van der Waals surface area contributed by atoms with E-state index in [2.05, 4.69) is 17.0 Å². The molecule has 0 aliphatic carbocycles. The first-order valence-electron chi connectivity index (χ1n) is 4.11. The lowest BCUT2D eigenvalue weighted by Crippen LogP contribution is -2.28. The van der Waals surface area contributed by atoms with Gasteiger partial charge in [0.2, 0.25) is 0 Å². The average Bonchev–Trinajstić information content (AvgIpc) is 2.31. The first-order valence-corrected chi connectivity index (χ1v) is 4.93. The molecule has 0 aliphatic heterocycles. The highest BCUT2D eigenvalue weighted by atomic mass is 32.1. The number of aromatic nitrogens is 1. The predicted molar refractivity (Wildman–Crippen MR) is 56.5 cm³/mol. The van der Waals surface area contributed by atoms with Crippen LogP contribution >= 0.6 is 11.3 Å². The molecular formula is C9H15N3S. The van der Waals surface area contributed by atoms with Crippen molar-refractivity contribution in [1.82, 2.24) is 10.4 Å². The Morgan fingerprint density at radius 3 is 2.54 bits per heavy atom. The Morgan fingerprint density at radius 1 is 1.62 bits per heavy atom. The molecule has 3 nitrogen and oxygen atoms in total. The normalized spacial score (nSPS) is 12.9. The van der Waals surface area contributed by atoms with Gasteiger partial charge in [0.25, 0.3) is 0 Å². The summed E-state index contributed by atoms with van der Waals surface area (Å²) >= 11 is 1.66. The summed E-state index contributed by atoms with van der Waals surface area (Å²) in [5.41, 5.74) is 4.79. The summed E-state index contributed by atoms with van der Waals surface area (Å²) in [6, 6.07) is 0.0335. The number of aryl methyl sites for hydroxylation is 2. The molecule has 0 amide bonds. The summed E-state index contributed by atoms with van der Waals surface area (Å²) in [5.74, 6) is 5.45. The van der Waals surface area contributed by atoms with Gasteiger partial charge in [-0.2, -0.15) is 0 Å². The van der Waals surface area contributed by atoms with E-state index < -0.39 is 0 Å². The molecule has 0 fully saturated rings. The van der Waals surface area contributed by atoms with E-state index in [4.69, 9.17) is 5.84 Å². The topological polar surface area (TPSA) is 50.9 Å². The van der Waals surface area contributed by atoms with Crippen LogP contribution in [0.1, 0.15) is 28.5 Å². The van der Waals surface area contributed by atoms with Crippen LogP contribution in [0.3, 0.4) is 0 Å². The average molecular weight is 197 g/mol. The fraction of sp³-hybridized carbons (Fsp3) is 0.444. The van der Waals surface area contributed by atoms with Gasteiger partial charge in [0.05, 0.1) is 21.6 Å². The minimum Gasteiger partial charge on any atom is -0.271 e. The molecule has 72 valence electrons. The van der Waals surface area contributed by atoms with Crippen molar-refractivity contribution < 1.29 is 0 Å². The van der Waals surface area contributed by atoms with Gasteiger partial charge in [-0.25, -0.2) is 10.4 Å². The molecule has 3 N–H and O–H groups in total. The molecule has 1 aromatic heterocycles. The number of nitrogens with one attached hydrogen (secondary N) is 1. The molecular weight excluding hydrogens is 182 g/mol. The molecule has 4 heteroatoms. The van der Waals surface area contributed by atoms with Crippen molar-refractivity contribution in [3.05, 3.63) is 27.7 Å². The van der Waals surface area contributed by atoms with Crippen LogP contribution in [0.2, 0.25) is 0 Å². The van der Waals surface area contributed by atoms with Gasteiger partial charge < -0.3 is 0 Å². The molecule has 1 atom stereocenters. The zero-order chi connectivity index (χ0) is 10.0. The second-order valence-corrected chi connectivity index (χ2v) is 4.36. The molecule has 1 unspecified atom stereocenters. The van der Waals surface area contributed by atoms with E-state index in [-0.39, 0.29) is 6.04 Å². The lowest BCUT2D eigenvalue weighted by molar-refractivity contribution is 0.632. The maximum atomic E-state index is 5.45. The lowest BCUT2D eigenvalue weighted by atomic mass is 10.1. The SMILES string of the molecule is C=C(C)C(NN)c1sc(C)nc1C. The second kappa shape index (κ2) is 4.00. The molecule has 1 heterocycles. The van der Waals surface area contributed by atoms with Crippen molar-refractivity contribution in [3.63, 3.8) is 0 Å². The molecule has 1 rings (SSSR count). The largest absolute Gasteiger partial charge is 0.271 e. The number of nitrogens with zero attached hydrogens (tertiary/aromatic N) is 1. The van der Waals surface area contributed by atoms with Crippen molar-refractivity contribution in [2.24, 2.45) is 5.84 Å². The minimum atomic E-state index is 0.0335. The van der Waals surface area contributed by atoms with Gasteiger partial charge in [0.1, 0.15) is 0 Å². The molecule has 0 saturated carbocycles. The summed E-state index contributed by atoms with van der Waals surface area (Å²) in [4.78, 5) is 5.50. The van der Waals surface area contributed by atoms with Crippen LogP contribution in [-0.2, 0) is 0 Å². The Hall–Kier alpha value is -0.710. The highest BCUT2D eigenvalue weighted by molar-refractivity contribution is 7.11. The van der Waals surface area contributed by atoms with Gasteiger partial charge >= 0.3 is 0 Å². The third-order valence-corrected chi connectivity index (χ3v) is 3.00. The van der Waals surface area contributed by atoms with Crippen LogP contribution in [0.25, 0.3) is 0 Å². The number of hydrogen-bond donors (Lipinski definition) is 2. The van der Waals surface area contributed by atoms with Crippen molar-refractivity contribution in [2.45, 2.75) is 26.8 Å². The van der Waals surface area contributed by atoms with E-state index in [1.54, 1.807) is 11.3 Å². The van der Waals surface area contributed by atoms with E-state index >= 15 is 0 Å². The van der Waals surface area contributed by atoms with Crippen LogP contribution in [0, 0.1) is 13.8 Å². The van der Waals surface area contributed by atoms with Gasteiger partial charge in [-0.15, -0.1) is 11.3 Å². The van der Waals surface area contributed by atoms with Gasteiger partial charge in [-0.3, -0.25) is 5.84 Å². The zero-order valence-electron chi connectivity index (χ0n) is 8.22. The van der Waals surface area contributed by atoms with Crippen LogP contribution < -0.4 is 11.3 Å². The van der Waals surface area contributed by atoms with E-state index in [1.165, 1.54) is 0 Å². The number of hydrazine groups is 1. The van der Waals surface area contributed by atoms with E-state index in [9.17, 15) is 0 Å². The van der Waals surface area contributed by atoms with Crippen molar-refractivity contribution in [3.8, 4) is 0 Å². The van der Waals surface area contributed by atoms with Crippen LogP contribution in [-0.4, -0.2) is 4.98 Å². The monoisotopic (exact) mass is 197 g/mol. The van der Waals surface area contributed by atoms with E-state index in [1.807, 2.05) is 20.8 Å². The van der Waals surface area contributed by atoms with Crippen molar-refractivity contribution in [1.29, 1.82) is 0 Å². The number of nitrogens with two attached hydrogens (primary N) is 1. The highest BCUT2D eigenvalue weighted by Gasteiger charge is 2.16. The standard InChI is InChI=1S/C9H15N3S/c1-5(2)8(12-10)9-6(3)11-7(4)13-9/h8,12H,1,10H2,2-4H3. The molecule has 0 bridgehead atoms. The molecule has 0 spiro atoms. The Bertz CT molecular complexity index is 317. The van der Waals surface area contributed by atoms with Crippen molar-refractivity contribution in [2.75, 3.05) is 0 Å². The molecule has 0 aromatic carbocycles. The highest BCUT2D eigenvalue weighted by Crippen LogP contribution is 2.28. The molecule has 13 heavy (non-hydrogen) atoms. The number of thiazole rings is 1. The molecule has 0 aliphatic rings. The Kier molecular flexibility index (Phi) is 3.19. The van der Waals surface area contributed by atoms with Gasteiger partial charge in [-0.1, -0.05) is 12.2 Å². The van der Waals surface area contributed by atoms with Crippen LogP contribution in [0.15, 0.2) is 12.2 Å². The first-order chi connectivity index (χ1) is 6.06. The summed E-state index contributed by atoms with van der Waals surface area (Å²) in [6.45, 7) is 9.83. The summed E-state index contributed by atoms with van der Waals surface area (Å²) in [6.07, 6.45) is 0. The minimum absolute atomic E-state index is 0.0335. The fourth-order valence-electron chi connectivity index (χ4n) is 1.26. The maximum Gasteiger partial charge on any atom is 0.0900 e. The van der Waals surface area contributed by atoms with Crippen LogP contribution in [0.5, 0.6) is 0 Å². The smallest absolute Gasteiger partial charge is 0.0900 e. The van der Waals surface area contributed by atoms with E-state index in [0.29, 0.717) is 0 Å². The Labute approximate surface area is 82.7 Å². The van der Waals surface area contributed by atoms with Gasteiger partial charge in [0.15, 0.2) is 0 Å². The number of hydrogen-bond acceptors (Lipinski definition) is 4. The summed E-state index contributed by atoms with van der Waals surface area (Å²) in [7, 11) is 0. The van der Waals surface area contributed by atoms with Crippen LogP contribution in [0.4, 0.5) is 0 Å². The Balaban J connectivity index is 3.04. The summed E-state index contributed by atoms with van der Waals surface area (Å²) < 4.78 is 0. The molecule has 0 saturated heterocycles. The van der Waals surface area contributed by atoms with Gasteiger partial charge in [0, 0.05) is 0 Å². The van der Waals surface area contributed by atoms with Crippen molar-refractivity contribution >= 4 is 11.3 Å². The van der Waals surface area contributed by atoms with Gasteiger partial charge in [-0.05, 0) is 20.8 Å².